The molecule has 58 heavy (non-hydrogen) atoms. The molecule has 1 aliphatic rings. The fourth-order valence-corrected chi connectivity index (χ4v) is 9.77. The number of benzene rings is 9. The monoisotopic (exact) mass is 743 g/mol. The van der Waals surface area contributed by atoms with E-state index in [-0.39, 0.29) is 5.41 Å². The van der Waals surface area contributed by atoms with Gasteiger partial charge in [-0.2, -0.15) is 0 Å². The number of nitrogens with zero attached hydrogens (tertiary/aromatic N) is 1. The summed E-state index contributed by atoms with van der Waals surface area (Å²) in [5.41, 5.74) is 16.2. The molecule has 0 bridgehead atoms. The van der Waals surface area contributed by atoms with E-state index in [0.717, 1.165) is 83.2 Å². The summed E-state index contributed by atoms with van der Waals surface area (Å²) in [6.07, 6.45) is 0. The maximum Gasteiger partial charge on any atom is 0.143 e. The van der Waals surface area contributed by atoms with Gasteiger partial charge in [-0.25, -0.2) is 0 Å². The molecule has 0 aliphatic heterocycles. The molecule has 0 atom stereocenters. The Hall–Kier alpha value is -7.36. The van der Waals surface area contributed by atoms with Gasteiger partial charge in [0, 0.05) is 49.3 Å². The van der Waals surface area contributed by atoms with Gasteiger partial charge in [0.1, 0.15) is 22.3 Å². The van der Waals surface area contributed by atoms with Gasteiger partial charge in [-0.1, -0.05) is 159 Å². The number of fused-ring (bicyclic) bond motifs is 10. The molecule has 1 aliphatic carbocycles. The Kier molecular flexibility index (Phi) is 6.98. The average Bonchev–Trinajstić information content (AvgIpc) is 3.91. The average molecular weight is 744 g/mol. The lowest BCUT2D eigenvalue weighted by atomic mass is 9.81. The summed E-state index contributed by atoms with van der Waals surface area (Å²) in [6.45, 7) is 4.73. The zero-order chi connectivity index (χ0) is 38.5. The van der Waals surface area contributed by atoms with Gasteiger partial charge in [0.2, 0.25) is 0 Å². The molecule has 274 valence electrons. The maximum atomic E-state index is 6.84. The van der Waals surface area contributed by atoms with Crippen molar-refractivity contribution >= 4 is 71.7 Å². The third-order valence-electron chi connectivity index (χ3n) is 12.4. The second-order valence-electron chi connectivity index (χ2n) is 16.0. The third kappa shape index (κ3) is 4.74. The minimum Gasteiger partial charge on any atom is -0.455 e. The smallest absolute Gasteiger partial charge is 0.143 e. The summed E-state index contributed by atoms with van der Waals surface area (Å²) in [5.74, 6) is 0. The van der Waals surface area contributed by atoms with Crippen LogP contribution in [0.4, 0.5) is 17.1 Å². The van der Waals surface area contributed by atoms with E-state index < -0.39 is 0 Å². The van der Waals surface area contributed by atoms with Gasteiger partial charge < -0.3 is 13.7 Å². The number of hydrogen-bond acceptors (Lipinski definition) is 3. The van der Waals surface area contributed by atoms with Gasteiger partial charge in [-0.3, -0.25) is 0 Å². The van der Waals surface area contributed by atoms with Crippen molar-refractivity contribution in [2.24, 2.45) is 0 Å². The SMILES string of the molecule is CC1(C)c2ccccc2-c2cccc(N(c3ccc(-c4cccc5c4oc4ccccc45)cc3)c3ccccc3-c3cccc4c3oc3cc5ccccc5cc34)c21. The van der Waals surface area contributed by atoms with Crippen LogP contribution >= 0.6 is 0 Å². The van der Waals surface area contributed by atoms with Crippen molar-refractivity contribution < 1.29 is 8.83 Å². The van der Waals surface area contributed by atoms with Crippen LogP contribution in [0.15, 0.2) is 197 Å². The van der Waals surface area contributed by atoms with Crippen molar-refractivity contribution in [2.75, 3.05) is 4.90 Å². The molecular weight excluding hydrogens is 707 g/mol. The highest BCUT2D eigenvalue weighted by Gasteiger charge is 2.39. The molecule has 0 N–H and O–H groups in total. The van der Waals surface area contributed by atoms with Crippen molar-refractivity contribution in [1.29, 1.82) is 0 Å². The van der Waals surface area contributed by atoms with Gasteiger partial charge >= 0.3 is 0 Å². The molecule has 11 aromatic rings. The van der Waals surface area contributed by atoms with Crippen molar-refractivity contribution in [3.8, 4) is 33.4 Å². The fraction of sp³-hybridized carbons (Fsp3) is 0.0545. The Morgan fingerprint density at radius 1 is 0.397 bits per heavy atom. The zero-order valence-electron chi connectivity index (χ0n) is 32.2. The first-order chi connectivity index (χ1) is 28.5. The second-order valence-corrected chi connectivity index (χ2v) is 16.0. The molecule has 12 rings (SSSR count). The standard InChI is InChI=1S/C55H37NO2/c1-55(2)47-24-8-5-16-39(47)42-20-13-26-49(52(42)55)56(37-30-28-34(29-31-37)38-19-11-22-44-41-18-7-10-27-50(41)57-53(38)44)48-25-9-6-17-40(48)43-21-12-23-45-46-32-35-14-3-4-15-36(35)33-51(46)58-54(43)45/h3-33H,1-2H3. The third-order valence-corrected chi connectivity index (χ3v) is 12.4. The molecule has 9 aromatic carbocycles. The fourth-order valence-electron chi connectivity index (χ4n) is 9.77. The van der Waals surface area contributed by atoms with Gasteiger partial charge in [-0.15, -0.1) is 0 Å². The van der Waals surface area contributed by atoms with Crippen LogP contribution in [0.25, 0.3) is 88.0 Å². The van der Waals surface area contributed by atoms with E-state index >= 15 is 0 Å². The number of hydrogen-bond donors (Lipinski definition) is 0. The molecular formula is C55H37NO2. The van der Waals surface area contributed by atoms with Crippen molar-refractivity contribution in [3.05, 3.63) is 199 Å². The summed E-state index contributed by atoms with van der Waals surface area (Å²) in [6, 6.07) is 67.6. The summed E-state index contributed by atoms with van der Waals surface area (Å²) in [4.78, 5) is 2.46. The molecule has 0 spiro atoms. The summed E-state index contributed by atoms with van der Waals surface area (Å²) in [7, 11) is 0. The van der Waals surface area contributed by atoms with Crippen molar-refractivity contribution in [2.45, 2.75) is 19.3 Å². The molecule has 0 saturated heterocycles. The maximum absolute atomic E-state index is 6.84. The highest BCUT2D eigenvalue weighted by Crippen LogP contribution is 2.55. The summed E-state index contributed by atoms with van der Waals surface area (Å²) >= 11 is 0. The lowest BCUT2D eigenvalue weighted by Crippen LogP contribution is -2.21. The Morgan fingerprint density at radius 3 is 1.81 bits per heavy atom. The van der Waals surface area contributed by atoms with Crippen LogP contribution in [0, 0.1) is 0 Å². The van der Waals surface area contributed by atoms with Gasteiger partial charge in [0.05, 0.1) is 11.4 Å². The topological polar surface area (TPSA) is 29.5 Å². The molecule has 0 saturated carbocycles. The highest BCUT2D eigenvalue weighted by atomic mass is 16.3. The lowest BCUT2D eigenvalue weighted by Gasteiger charge is -2.33. The normalized spacial score (nSPS) is 13.1. The van der Waals surface area contributed by atoms with Crippen LogP contribution in [0.3, 0.4) is 0 Å². The van der Waals surface area contributed by atoms with E-state index in [1.54, 1.807) is 0 Å². The van der Waals surface area contributed by atoms with E-state index in [1.807, 2.05) is 12.1 Å². The number of anilines is 3. The molecule has 2 heterocycles. The summed E-state index contributed by atoms with van der Waals surface area (Å²) < 4.78 is 13.3. The Bertz CT molecular complexity index is 3440. The Labute approximate surface area is 336 Å². The Morgan fingerprint density at radius 2 is 0.966 bits per heavy atom. The van der Waals surface area contributed by atoms with Crippen LogP contribution < -0.4 is 4.90 Å². The first-order valence-electron chi connectivity index (χ1n) is 20.0. The molecule has 3 heteroatoms. The van der Waals surface area contributed by atoms with Crippen LogP contribution in [0.1, 0.15) is 25.0 Å². The van der Waals surface area contributed by atoms with Gasteiger partial charge in [-0.05, 0) is 81.1 Å². The molecule has 3 nitrogen and oxygen atoms in total. The van der Waals surface area contributed by atoms with Crippen LogP contribution in [0.5, 0.6) is 0 Å². The van der Waals surface area contributed by atoms with E-state index in [2.05, 4.69) is 195 Å². The van der Waals surface area contributed by atoms with Crippen molar-refractivity contribution in [1.82, 2.24) is 0 Å². The van der Waals surface area contributed by atoms with Crippen LogP contribution in [0.2, 0.25) is 0 Å². The quantitative estimate of drug-likeness (QED) is 0.176. The molecule has 0 amide bonds. The predicted molar refractivity (Wildman–Crippen MR) is 242 cm³/mol. The Balaban J connectivity index is 1.08. The van der Waals surface area contributed by atoms with E-state index in [1.165, 1.54) is 33.0 Å². The van der Waals surface area contributed by atoms with Gasteiger partial charge in [0.25, 0.3) is 0 Å². The summed E-state index contributed by atoms with van der Waals surface area (Å²) in [5, 5.41) is 6.87. The minimum absolute atomic E-state index is 0.229. The first-order valence-corrected chi connectivity index (χ1v) is 20.0. The number of para-hydroxylation sites is 4. The molecule has 0 radical (unpaired) electrons. The first kappa shape index (κ1) is 32.8. The van der Waals surface area contributed by atoms with E-state index in [4.69, 9.17) is 8.83 Å². The van der Waals surface area contributed by atoms with E-state index in [9.17, 15) is 0 Å². The number of furan rings is 2. The van der Waals surface area contributed by atoms with E-state index in [0.29, 0.717) is 0 Å². The van der Waals surface area contributed by atoms with Crippen LogP contribution in [-0.4, -0.2) is 0 Å². The highest BCUT2D eigenvalue weighted by molar-refractivity contribution is 6.14. The lowest BCUT2D eigenvalue weighted by molar-refractivity contribution is 0.660. The largest absolute Gasteiger partial charge is 0.455 e. The molecule has 0 unspecified atom stereocenters. The van der Waals surface area contributed by atoms with Crippen LogP contribution in [-0.2, 0) is 5.41 Å². The molecule has 2 aromatic heterocycles. The molecule has 0 fully saturated rings. The number of rotatable bonds is 5. The minimum atomic E-state index is -0.229. The van der Waals surface area contributed by atoms with Gasteiger partial charge in [0.15, 0.2) is 0 Å². The predicted octanol–water partition coefficient (Wildman–Crippen LogP) is 15.7. The van der Waals surface area contributed by atoms with Crippen molar-refractivity contribution in [3.63, 3.8) is 0 Å². The second kappa shape index (κ2) is 12.3. The zero-order valence-corrected chi connectivity index (χ0v) is 32.2.